The minimum Gasteiger partial charge on any atom is -0.494 e. The van der Waals surface area contributed by atoms with Crippen molar-refractivity contribution < 1.29 is 9.53 Å². The highest BCUT2D eigenvalue weighted by Gasteiger charge is 2.15. The molecule has 3 aromatic carbocycles. The minimum atomic E-state index is -0.342. The molecule has 0 saturated heterocycles. The number of methoxy groups -OCH3 is 1. The van der Waals surface area contributed by atoms with E-state index >= 15 is 0 Å². The number of nitrogens with one attached hydrogen (secondary N) is 1. The molecule has 4 aromatic rings. The fourth-order valence-corrected chi connectivity index (χ4v) is 4.22. The average Bonchev–Trinajstić information content (AvgIpc) is 3.16. The SMILES string of the molecule is COc1c(Cl)cc(C(=O)Nc2nc(-c3ccc4ccccc4c3)cs2)cc1Cl. The predicted molar refractivity (Wildman–Crippen MR) is 116 cm³/mol. The van der Waals surface area contributed by atoms with Gasteiger partial charge in [0.05, 0.1) is 22.8 Å². The fraction of sp³-hybridized carbons (Fsp3) is 0.0476. The van der Waals surface area contributed by atoms with Crippen molar-refractivity contribution in [1.29, 1.82) is 0 Å². The number of rotatable bonds is 4. The third-order valence-electron chi connectivity index (χ3n) is 4.23. The molecule has 0 aliphatic heterocycles. The van der Waals surface area contributed by atoms with Gasteiger partial charge in [0, 0.05) is 16.5 Å². The molecule has 4 rings (SSSR count). The van der Waals surface area contributed by atoms with Crippen LogP contribution in [0.4, 0.5) is 5.13 Å². The van der Waals surface area contributed by atoms with Crippen molar-refractivity contribution in [3.63, 3.8) is 0 Å². The van der Waals surface area contributed by atoms with Gasteiger partial charge in [-0.15, -0.1) is 11.3 Å². The number of carbonyl (C=O) groups excluding carboxylic acids is 1. The summed E-state index contributed by atoms with van der Waals surface area (Å²) in [7, 11) is 1.47. The Morgan fingerprint density at radius 3 is 2.46 bits per heavy atom. The zero-order valence-electron chi connectivity index (χ0n) is 14.7. The molecule has 1 heterocycles. The monoisotopic (exact) mass is 428 g/mol. The van der Waals surface area contributed by atoms with E-state index < -0.39 is 0 Å². The van der Waals surface area contributed by atoms with Crippen LogP contribution in [-0.2, 0) is 0 Å². The summed E-state index contributed by atoms with van der Waals surface area (Å²) in [5.74, 6) is -0.00131. The van der Waals surface area contributed by atoms with E-state index in [2.05, 4.69) is 34.6 Å². The van der Waals surface area contributed by atoms with Crippen molar-refractivity contribution in [2.45, 2.75) is 0 Å². The Balaban J connectivity index is 1.56. The van der Waals surface area contributed by atoms with Crippen LogP contribution < -0.4 is 10.1 Å². The number of halogens is 2. The first-order chi connectivity index (χ1) is 13.5. The first kappa shape index (κ1) is 18.7. The highest BCUT2D eigenvalue weighted by molar-refractivity contribution is 7.14. The first-order valence-corrected chi connectivity index (χ1v) is 9.98. The quantitative estimate of drug-likeness (QED) is 0.401. The summed E-state index contributed by atoms with van der Waals surface area (Å²) in [6.07, 6.45) is 0. The van der Waals surface area contributed by atoms with Gasteiger partial charge in [-0.1, -0.05) is 59.6 Å². The van der Waals surface area contributed by atoms with Crippen LogP contribution in [0.1, 0.15) is 10.4 Å². The summed E-state index contributed by atoms with van der Waals surface area (Å²) in [6.45, 7) is 0. The number of hydrogen-bond acceptors (Lipinski definition) is 4. The lowest BCUT2D eigenvalue weighted by Crippen LogP contribution is -2.12. The molecule has 140 valence electrons. The van der Waals surface area contributed by atoms with E-state index in [-0.39, 0.29) is 16.0 Å². The molecule has 0 fully saturated rings. The second kappa shape index (κ2) is 7.80. The zero-order valence-corrected chi connectivity index (χ0v) is 17.0. The maximum Gasteiger partial charge on any atom is 0.257 e. The molecule has 0 aliphatic rings. The van der Waals surface area contributed by atoms with E-state index in [9.17, 15) is 4.79 Å². The molecule has 1 amide bonds. The Morgan fingerprint density at radius 1 is 1.04 bits per heavy atom. The zero-order chi connectivity index (χ0) is 19.7. The van der Waals surface area contributed by atoms with Crippen LogP contribution in [0.15, 0.2) is 60.0 Å². The predicted octanol–water partition coefficient (Wildman–Crippen LogP) is 6.53. The second-order valence-corrected chi connectivity index (χ2v) is 7.70. The number of benzene rings is 3. The summed E-state index contributed by atoms with van der Waals surface area (Å²) >= 11 is 13.6. The molecule has 1 aromatic heterocycles. The summed E-state index contributed by atoms with van der Waals surface area (Å²) in [5, 5.41) is 8.05. The molecule has 4 nitrogen and oxygen atoms in total. The van der Waals surface area contributed by atoms with Crippen LogP contribution in [0, 0.1) is 0 Å². The van der Waals surface area contributed by atoms with E-state index in [1.807, 2.05) is 23.6 Å². The molecule has 0 unspecified atom stereocenters. The number of nitrogens with zero attached hydrogens (tertiary/aromatic N) is 1. The lowest BCUT2D eigenvalue weighted by molar-refractivity contribution is 0.102. The molecular formula is C21H14Cl2N2O2S. The van der Waals surface area contributed by atoms with Gasteiger partial charge in [-0.3, -0.25) is 10.1 Å². The first-order valence-electron chi connectivity index (χ1n) is 8.34. The molecule has 0 bridgehead atoms. The number of ether oxygens (including phenoxy) is 1. The number of hydrogen-bond donors (Lipinski definition) is 1. The maximum absolute atomic E-state index is 12.5. The number of thiazole rings is 1. The third kappa shape index (κ3) is 3.69. The van der Waals surface area contributed by atoms with Gasteiger partial charge in [-0.25, -0.2) is 4.98 Å². The summed E-state index contributed by atoms with van der Waals surface area (Å²) in [5.41, 5.74) is 2.13. The number of carbonyl (C=O) groups is 1. The molecule has 0 atom stereocenters. The standard InChI is InChI=1S/C21H14Cl2N2O2S/c1-27-19-16(22)9-15(10-17(19)23)20(26)25-21-24-18(11-28-21)14-7-6-12-4-2-3-5-13(12)8-14/h2-11H,1H3,(H,24,25,26). The highest BCUT2D eigenvalue weighted by atomic mass is 35.5. The van der Waals surface area contributed by atoms with Crippen molar-refractivity contribution in [3.05, 3.63) is 75.6 Å². The van der Waals surface area contributed by atoms with Crippen LogP contribution in [0.5, 0.6) is 5.75 Å². The number of aromatic nitrogens is 1. The number of amides is 1. The molecule has 0 radical (unpaired) electrons. The molecular weight excluding hydrogens is 415 g/mol. The van der Waals surface area contributed by atoms with Crippen molar-refractivity contribution in [2.24, 2.45) is 0 Å². The van der Waals surface area contributed by atoms with Gasteiger partial charge in [-0.05, 0) is 29.0 Å². The van der Waals surface area contributed by atoms with Crippen LogP contribution in [0.25, 0.3) is 22.0 Å². The molecule has 28 heavy (non-hydrogen) atoms. The topological polar surface area (TPSA) is 51.2 Å². The van der Waals surface area contributed by atoms with E-state index in [0.717, 1.165) is 16.6 Å². The number of anilines is 1. The van der Waals surface area contributed by atoms with Gasteiger partial charge < -0.3 is 4.74 Å². The van der Waals surface area contributed by atoms with Crippen molar-refractivity contribution in [1.82, 2.24) is 4.98 Å². The van der Waals surface area contributed by atoms with E-state index in [1.165, 1.54) is 36.0 Å². The lowest BCUT2D eigenvalue weighted by atomic mass is 10.1. The maximum atomic E-state index is 12.5. The van der Waals surface area contributed by atoms with Gasteiger partial charge in [0.2, 0.25) is 0 Å². The molecule has 0 saturated carbocycles. The van der Waals surface area contributed by atoms with E-state index in [4.69, 9.17) is 27.9 Å². The Kier molecular flexibility index (Phi) is 5.22. The minimum absolute atomic E-state index is 0.274. The van der Waals surface area contributed by atoms with Crippen LogP contribution in [0.2, 0.25) is 10.0 Å². The lowest BCUT2D eigenvalue weighted by Gasteiger charge is -2.08. The largest absolute Gasteiger partial charge is 0.494 e. The van der Waals surface area contributed by atoms with Crippen molar-refractivity contribution in [2.75, 3.05) is 12.4 Å². The van der Waals surface area contributed by atoms with Gasteiger partial charge >= 0.3 is 0 Å². The van der Waals surface area contributed by atoms with Gasteiger partial charge in [0.1, 0.15) is 0 Å². The number of fused-ring (bicyclic) bond motifs is 1. The Bertz CT molecular complexity index is 1170. The summed E-state index contributed by atoms with van der Waals surface area (Å²) in [4.78, 5) is 17.1. The van der Waals surface area contributed by atoms with Crippen LogP contribution >= 0.6 is 34.5 Å². The fourth-order valence-electron chi connectivity index (χ4n) is 2.87. The van der Waals surface area contributed by atoms with Gasteiger partial charge in [-0.2, -0.15) is 0 Å². The van der Waals surface area contributed by atoms with Crippen LogP contribution in [-0.4, -0.2) is 18.0 Å². The smallest absolute Gasteiger partial charge is 0.257 e. The average molecular weight is 429 g/mol. The molecule has 1 N–H and O–H groups in total. The van der Waals surface area contributed by atoms with Crippen molar-refractivity contribution >= 4 is 56.3 Å². The molecule has 7 heteroatoms. The van der Waals surface area contributed by atoms with Crippen LogP contribution in [0.3, 0.4) is 0 Å². The Morgan fingerprint density at radius 2 is 1.75 bits per heavy atom. The van der Waals surface area contributed by atoms with E-state index in [1.54, 1.807) is 0 Å². The summed E-state index contributed by atoms with van der Waals surface area (Å²) in [6, 6.07) is 17.3. The van der Waals surface area contributed by atoms with Gasteiger partial charge in [0.25, 0.3) is 5.91 Å². The van der Waals surface area contributed by atoms with Gasteiger partial charge in [0.15, 0.2) is 10.9 Å². The second-order valence-electron chi connectivity index (χ2n) is 6.03. The Hall–Kier alpha value is -2.60. The highest BCUT2D eigenvalue weighted by Crippen LogP contribution is 2.34. The summed E-state index contributed by atoms with van der Waals surface area (Å²) < 4.78 is 5.11. The van der Waals surface area contributed by atoms with E-state index in [0.29, 0.717) is 16.4 Å². The third-order valence-corrected chi connectivity index (χ3v) is 5.55. The Labute approximate surface area is 175 Å². The molecule has 0 spiro atoms. The van der Waals surface area contributed by atoms with Crippen molar-refractivity contribution in [3.8, 4) is 17.0 Å². The molecule has 0 aliphatic carbocycles. The normalized spacial score (nSPS) is 10.8.